The molecule has 1 atom stereocenters. The van der Waals surface area contributed by atoms with Gasteiger partial charge in [0, 0.05) is 55.7 Å². The molecule has 0 radical (unpaired) electrons. The first kappa shape index (κ1) is 23.1. The van der Waals surface area contributed by atoms with Gasteiger partial charge in [0.2, 0.25) is 5.91 Å². The van der Waals surface area contributed by atoms with Crippen LogP contribution in [-0.4, -0.2) is 67.1 Å². The van der Waals surface area contributed by atoms with Crippen molar-refractivity contribution in [1.29, 1.82) is 0 Å². The summed E-state index contributed by atoms with van der Waals surface area (Å²) in [7, 11) is 0. The average molecular weight is 481 g/mol. The Hall–Kier alpha value is -3.66. The fourth-order valence-corrected chi connectivity index (χ4v) is 4.82. The maximum absolute atomic E-state index is 15.4. The van der Waals surface area contributed by atoms with Crippen molar-refractivity contribution in [2.24, 2.45) is 0 Å². The summed E-state index contributed by atoms with van der Waals surface area (Å²) in [5.41, 5.74) is 2.29. The summed E-state index contributed by atoms with van der Waals surface area (Å²) in [6.07, 6.45) is 2.87. The van der Waals surface area contributed by atoms with Crippen molar-refractivity contribution in [2.75, 3.05) is 54.9 Å². The molecule has 3 aliphatic heterocycles. The van der Waals surface area contributed by atoms with Gasteiger partial charge < -0.3 is 30.5 Å². The minimum absolute atomic E-state index is 0.0741. The predicted octanol–water partition coefficient (Wildman–Crippen LogP) is 2.63. The van der Waals surface area contributed by atoms with E-state index in [0.717, 1.165) is 37.3 Å². The second-order valence-electron chi connectivity index (χ2n) is 8.91. The number of halogens is 1. The molecule has 2 saturated heterocycles. The highest BCUT2D eigenvalue weighted by atomic mass is 19.1. The van der Waals surface area contributed by atoms with Gasteiger partial charge in [-0.1, -0.05) is 12.6 Å². The molecule has 4 heterocycles. The van der Waals surface area contributed by atoms with Crippen LogP contribution in [0.2, 0.25) is 0 Å². The second-order valence-corrected chi connectivity index (χ2v) is 8.91. The molecule has 9 nitrogen and oxygen atoms in total. The van der Waals surface area contributed by atoms with Gasteiger partial charge in [-0.3, -0.25) is 9.59 Å². The number of pyridine rings is 1. The molecule has 1 aromatic carbocycles. The zero-order chi connectivity index (χ0) is 24.4. The highest BCUT2D eigenvalue weighted by molar-refractivity contribution is 6.03. The molecule has 2 fully saturated rings. The molecule has 10 heteroatoms. The maximum Gasteiger partial charge on any atom is 0.255 e. The summed E-state index contributed by atoms with van der Waals surface area (Å²) in [5.74, 6) is -0.669. The Bertz CT molecular complexity index is 1150. The molecule has 0 saturated carbocycles. The van der Waals surface area contributed by atoms with Gasteiger partial charge in [-0.25, -0.2) is 9.37 Å². The number of nitrogens with one attached hydrogen (secondary N) is 3. The molecule has 2 amide bonds. The van der Waals surface area contributed by atoms with Crippen LogP contribution >= 0.6 is 0 Å². The Kier molecular flexibility index (Phi) is 6.54. The van der Waals surface area contributed by atoms with Crippen LogP contribution < -0.4 is 20.9 Å². The molecule has 2 aromatic rings. The summed E-state index contributed by atoms with van der Waals surface area (Å²) in [4.78, 5) is 33.0. The summed E-state index contributed by atoms with van der Waals surface area (Å²) < 4.78 is 20.8. The van der Waals surface area contributed by atoms with Gasteiger partial charge in [0.25, 0.3) is 5.91 Å². The largest absolute Gasteiger partial charge is 0.378 e. The molecular weight excluding hydrogens is 451 g/mol. The minimum atomic E-state index is -0.543. The third-order valence-electron chi connectivity index (χ3n) is 6.62. The first-order valence-electron chi connectivity index (χ1n) is 11.9. The third-order valence-corrected chi connectivity index (χ3v) is 6.62. The van der Waals surface area contributed by atoms with Crippen LogP contribution in [0, 0.1) is 5.82 Å². The quantitative estimate of drug-likeness (QED) is 0.547. The SMILES string of the molecule is C=CC(=O)N1CCCC(Nc2nc(Nc3cccc(N4CCOCC4)c3)c3c(c2F)CNC3=O)C1. The van der Waals surface area contributed by atoms with E-state index < -0.39 is 5.82 Å². The van der Waals surface area contributed by atoms with Crippen molar-refractivity contribution in [1.82, 2.24) is 15.2 Å². The number of ether oxygens (including phenoxy) is 1. The third kappa shape index (κ3) is 4.79. The molecule has 0 spiro atoms. The number of nitrogens with zero attached hydrogens (tertiary/aromatic N) is 3. The van der Waals surface area contributed by atoms with E-state index in [0.29, 0.717) is 32.1 Å². The van der Waals surface area contributed by atoms with E-state index in [-0.39, 0.29) is 41.3 Å². The smallest absolute Gasteiger partial charge is 0.255 e. The van der Waals surface area contributed by atoms with Crippen LogP contribution in [-0.2, 0) is 16.1 Å². The van der Waals surface area contributed by atoms with Gasteiger partial charge in [-0.15, -0.1) is 0 Å². The van der Waals surface area contributed by atoms with Gasteiger partial charge >= 0.3 is 0 Å². The Morgan fingerprint density at radius 3 is 2.89 bits per heavy atom. The maximum atomic E-state index is 15.4. The van der Waals surface area contributed by atoms with E-state index in [9.17, 15) is 9.59 Å². The first-order valence-corrected chi connectivity index (χ1v) is 11.9. The number of fused-ring (bicyclic) bond motifs is 1. The lowest BCUT2D eigenvalue weighted by molar-refractivity contribution is -0.127. The molecule has 3 N–H and O–H groups in total. The molecule has 1 unspecified atom stereocenters. The molecule has 184 valence electrons. The fraction of sp³-hybridized carbons (Fsp3) is 0.400. The molecule has 3 aliphatic rings. The zero-order valence-corrected chi connectivity index (χ0v) is 19.5. The number of carbonyl (C=O) groups is 2. The molecule has 35 heavy (non-hydrogen) atoms. The van der Waals surface area contributed by atoms with E-state index >= 15 is 4.39 Å². The molecular formula is C25H29FN6O3. The van der Waals surface area contributed by atoms with Crippen LogP contribution in [0.5, 0.6) is 0 Å². The number of rotatable bonds is 6. The highest BCUT2D eigenvalue weighted by Gasteiger charge is 2.31. The van der Waals surface area contributed by atoms with Crippen molar-refractivity contribution >= 4 is 34.8 Å². The summed E-state index contributed by atoms with van der Waals surface area (Å²) in [6.45, 7) is 7.70. The zero-order valence-electron chi connectivity index (χ0n) is 19.5. The Morgan fingerprint density at radius 2 is 2.09 bits per heavy atom. The lowest BCUT2D eigenvalue weighted by atomic mass is 10.0. The number of morpholine rings is 1. The van der Waals surface area contributed by atoms with Crippen LogP contribution in [0.15, 0.2) is 36.9 Å². The minimum Gasteiger partial charge on any atom is -0.378 e. The lowest BCUT2D eigenvalue weighted by Gasteiger charge is -2.33. The van der Waals surface area contributed by atoms with Crippen LogP contribution in [0.3, 0.4) is 0 Å². The number of hydrogen-bond acceptors (Lipinski definition) is 7. The normalized spacial score (nSPS) is 19.7. The van der Waals surface area contributed by atoms with Crippen molar-refractivity contribution in [3.05, 3.63) is 53.9 Å². The van der Waals surface area contributed by atoms with Crippen LogP contribution in [0.4, 0.5) is 27.4 Å². The standard InChI is InChI=1S/C25H29FN6O3/c1-2-20(33)32-8-4-6-17(15-32)29-24-22(26)19-14-27-25(34)21(19)23(30-24)28-16-5-3-7-18(13-16)31-9-11-35-12-10-31/h2-3,5,7,13,17H,1,4,6,8-12,14-15H2,(H,27,34)(H2,28,29,30). The van der Waals surface area contributed by atoms with Gasteiger partial charge in [0.1, 0.15) is 5.82 Å². The first-order chi connectivity index (χ1) is 17.0. The number of likely N-dealkylation sites (tertiary alicyclic amines) is 1. The van der Waals surface area contributed by atoms with Crippen LogP contribution in [0.1, 0.15) is 28.8 Å². The molecule has 1 aromatic heterocycles. The van der Waals surface area contributed by atoms with E-state index in [1.807, 2.05) is 24.3 Å². The molecule has 0 bridgehead atoms. The van der Waals surface area contributed by atoms with Gasteiger partial charge in [-0.05, 0) is 37.1 Å². The number of hydrogen-bond donors (Lipinski definition) is 3. The summed E-state index contributed by atoms with van der Waals surface area (Å²) >= 11 is 0. The average Bonchev–Trinajstić information content (AvgIpc) is 3.29. The number of anilines is 4. The van der Waals surface area contributed by atoms with Gasteiger partial charge in [-0.2, -0.15) is 0 Å². The summed E-state index contributed by atoms with van der Waals surface area (Å²) in [6, 6.07) is 7.68. The lowest BCUT2D eigenvalue weighted by Crippen LogP contribution is -2.44. The van der Waals surface area contributed by atoms with Crippen molar-refractivity contribution in [3.8, 4) is 0 Å². The van der Waals surface area contributed by atoms with Crippen LogP contribution in [0.25, 0.3) is 0 Å². The van der Waals surface area contributed by atoms with Gasteiger partial charge in [0.05, 0.1) is 18.8 Å². The predicted molar refractivity (Wildman–Crippen MR) is 132 cm³/mol. The second kappa shape index (κ2) is 9.91. The Labute approximate surface area is 203 Å². The topological polar surface area (TPSA) is 98.8 Å². The molecule has 5 rings (SSSR count). The van der Waals surface area contributed by atoms with E-state index in [2.05, 4.69) is 32.4 Å². The fourth-order valence-electron chi connectivity index (χ4n) is 4.82. The number of aromatic nitrogens is 1. The Morgan fingerprint density at radius 1 is 1.26 bits per heavy atom. The number of amides is 2. The van der Waals surface area contributed by atoms with Crippen molar-refractivity contribution < 1.29 is 18.7 Å². The summed E-state index contributed by atoms with van der Waals surface area (Å²) in [5, 5.41) is 9.12. The van der Waals surface area contributed by atoms with Crippen molar-refractivity contribution in [3.63, 3.8) is 0 Å². The highest BCUT2D eigenvalue weighted by Crippen LogP contribution is 2.33. The Balaban J connectivity index is 1.42. The number of benzene rings is 1. The van der Waals surface area contributed by atoms with Crippen molar-refractivity contribution in [2.45, 2.75) is 25.4 Å². The van der Waals surface area contributed by atoms with Gasteiger partial charge in [0.15, 0.2) is 11.6 Å². The monoisotopic (exact) mass is 480 g/mol. The van der Waals surface area contributed by atoms with E-state index in [4.69, 9.17) is 4.74 Å². The number of piperidine rings is 1. The molecule has 0 aliphatic carbocycles. The number of carbonyl (C=O) groups excluding carboxylic acids is 2. The van der Waals surface area contributed by atoms with E-state index in [1.54, 1.807) is 4.90 Å². The van der Waals surface area contributed by atoms with E-state index in [1.165, 1.54) is 6.08 Å².